The van der Waals surface area contributed by atoms with E-state index >= 15 is 0 Å². The van der Waals surface area contributed by atoms with Gasteiger partial charge >= 0.3 is 6.18 Å². The zero-order chi connectivity index (χ0) is 22.9. The van der Waals surface area contributed by atoms with Crippen molar-refractivity contribution >= 4 is 17.5 Å². The van der Waals surface area contributed by atoms with Gasteiger partial charge in [-0.2, -0.15) is 18.2 Å². The number of rotatable bonds is 4. The van der Waals surface area contributed by atoms with Crippen molar-refractivity contribution in [2.45, 2.75) is 19.1 Å². The van der Waals surface area contributed by atoms with E-state index in [1.54, 1.807) is 29.2 Å². The lowest BCUT2D eigenvalue weighted by Gasteiger charge is -2.36. The number of halogens is 4. The molecule has 4 rings (SSSR count). The molecule has 1 aliphatic rings. The van der Waals surface area contributed by atoms with Crippen LogP contribution in [0.15, 0.2) is 53.1 Å². The second-order valence-corrected chi connectivity index (χ2v) is 7.93. The molecule has 10 heteroatoms. The molecule has 1 saturated heterocycles. The Morgan fingerprint density at radius 1 is 1.09 bits per heavy atom. The Hall–Kier alpha value is -2.91. The first-order chi connectivity index (χ1) is 15.2. The smallest absolute Gasteiger partial charge is 0.337 e. The second-order valence-electron chi connectivity index (χ2n) is 7.52. The number of carbonyl (C=O) groups is 1. The number of piperazine rings is 1. The lowest BCUT2D eigenvalue weighted by molar-refractivity contribution is -0.137. The zero-order valence-electron chi connectivity index (χ0n) is 17.1. The fourth-order valence-electron chi connectivity index (χ4n) is 3.63. The third-order valence-electron chi connectivity index (χ3n) is 5.50. The summed E-state index contributed by atoms with van der Waals surface area (Å²) in [6.45, 7) is 4.05. The Labute approximate surface area is 187 Å². The average molecular weight is 465 g/mol. The van der Waals surface area contributed by atoms with Gasteiger partial charge in [0.2, 0.25) is 11.7 Å². The number of nitrogens with zero attached hydrogens (tertiary/aromatic N) is 4. The number of aromatic nitrogens is 2. The van der Waals surface area contributed by atoms with Crippen molar-refractivity contribution in [2.75, 3.05) is 26.2 Å². The molecule has 1 aromatic heterocycles. The van der Waals surface area contributed by atoms with Gasteiger partial charge in [-0.05, 0) is 31.2 Å². The van der Waals surface area contributed by atoms with Gasteiger partial charge in [0.05, 0.1) is 22.2 Å². The highest BCUT2D eigenvalue weighted by Crippen LogP contribution is 2.32. The minimum Gasteiger partial charge on any atom is -0.337 e. The number of amides is 1. The Kier molecular flexibility index (Phi) is 6.21. The van der Waals surface area contributed by atoms with E-state index in [1.165, 1.54) is 12.1 Å². The molecule has 1 atom stereocenters. The molecule has 32 heavy (non-hydrogen) atoms. The molecule has 0 bridgehead atoms. The van der Waals surface area contributed by atoms with Crippen LogP contribution in [0.3, 0.4) is 0 Å². The van der Waals surface area contributed by atoms with Crippen LogP contribution in [-0.4, -0.2) is 52.0 Å². The third kappa shape index (κ3) is 4.63. The van der Waals surface area contributed by atoms with Crippen molar-refractivity contribution in [2.24, 2.45) is 0 Å². The van der Waals surface area contributed by atoms with Crippen LogP contribution in [0.2, 0.25) is 5.02 Å². The first-order valence-corrected chi connectivity index (χ1v) is 10.4. The van der Waals surface area contributed by atoms with Crippen molar-refractivity contribution in [3.8, 4) is 11.4 Å². The first kappa shape index (κ1) is 22.3. The summed E-state index contributed by atoms with van der Waals surface area (Å²) in [6, 6.07) is 11.5. The predicted molar refractivity (Wildman–Crippen MR) is 112 cm³/mol. The third-order valence-corrected chi connectivity index (χ3v) is 5.83. The summed E-state index contributed by atoms with van der Waals surface area (Å²) in [7, 11) is 0. The topological polar surface area (TPSA) is 62.5 Å². The molecule has 2 aromatic carbocycles. The van der Waals surface area contributed by atoms with E-state index in [4.69, 9.17) is 16.1 Å². The molecule has 0 spiro atoms. The van der Waals surface area contributed by atoms with Crippen molar-refractivity contribution in [3.05, 3.63) is 70.6 Å². The SMILES string of the molecule is CC(c1nc(-c2cccc(C(F)(F)F)c2)no1)N1CCN(C(=O)c2ccccc2Cl)CC1. The Morgan fingerprint density at radius 2 is 1.81 bits per heavy atom. The van der Waals surface area contributed by atoms with Gasteiger partial charge in [0.15, 0.2) is 0 Å². The van der Waals surface area contributed by atoms with E-state index in [1.807, 2.05) is 6.92 Å². The van der Waals surface area contributed by atoms with Gasteiger partial charge < -0.3 is 9.42 Å². The number of hydrogen-bond acceptors (Lipinski definition) is 5. The van der Waals surface area contributed by atoms with Gasteiger partial charge in [0.1, 0.15) is 0 Å². The molecule has 0 saturated carbocycles. The second kappa shape index (κ2) is 8.91. The van der Waals surface area contributed by atoms with Crippen molar-refractivity contribution in [1.29, 1.82) is 0 Å². The molecule has 2 heterocycles. The lowest BCUT2D eigenvalue weighted by atomic mass is 10.1. The molecule has 1 fully saturated rings. The molecule has 0 radical (unpaired) electrons. The molecule has 0 N–H and O–H groups in total. The van der Waals surface area contributed by atoms with E-state index in [-0.39, 0.29) is 23.3 Å². The summed E-state index contributed by atoms with van der Waals surface area (Å²) < 4.78 is 44.3. The molecule has 6 nitrogen and oxygen atoms in total. The molecular weight excluding hydrogens is 445 g/mol. The number of hydrogen-bond donors (Lipinski definition) is 0. The van der Waals surface area contributed by atoms with Crippen LogP contribution in [0.5, 0.6) is 0 Å². The standard InChI is InChI=1S/C22H20ClF3N4O2/c1-14(20-27-19(28-32-20)15-5-4-6-16(13-15)22(24,25)26)29-9-11-30(12-10-29)21(31)17-7-2-3-8-18(17)23/h2-8,13-14H,9-12H2,1H3. The minimum absolute atomic E-state index is 0.102. The van der Waals surface area contributed by atoms with Crippen LogP contribution in [0, 0.1) is 0 Å². The van der Waals surface area contributed by atoms with Crippen LogP contribution in [0.1, 0.15) is 34.8 Å². The van der Waals surface area contributed by atoms with Crippen LogP contribution in [0.25, 0.3) is 11.4 Å². The Balaban J connectivity index is 1.41. The molecule has 1 amide bonds. The van der Waals surface area contributed by atoms with E-state index < -0.39 is 11.7 Å². The van der Waals surface area contributed by atoms with Crippen LogP contribution >= 0.6 is 11.6 Å². The van der Waals surface area contributed by atoms with Crippen molar-refractivity contribution < 1.29 is 22.5 Å². The Morgan fingerprint density at radius 3 is 2.50 bits per heavy atom. The summed E-state index contributed by atoms with van der Waals surface area (Å²) >= 11 is 6.14. The Bertz CT molecular complexity index is 1110. The van der Waals surface area contributed by atoms with E-state index in [2.05, 4.69) is 15.0 Å². The molecule has 3 aromatic rings. The minimum atomic E-state index is -4.45. The fourth-order valence-corrected chi connectivity index (χ4v) is 3.85. The molecular formula is C22H20ClF3N4O2. The van der Waals surface area contributed by atoms with Gasteiger partial charge in [-0.3, -0.25) is 9.69 Å². The van der Waals surface area contributed by atoms with Gasteiger partial charge in [0.25, 0.3) is 5.91 Å². The summed E-state index contributed by atoms with van der Waals surface area (Å²) in [5, 5.41) is 4.28. The van der Waals surface area contributed by atoms with Crippen LogP contribution < -0.4 is 0 Å². The summed E-state index contributed by atoms with van der Waals surface area (Å²) in [4.78, 5) is 20.9. The quantitative estimate of drug-likeness (QED) is 0.548. The van der Waals surface area contributed by atoms with Gasteiger partial charge in [-0.15, -0.1) is 0 Å². The maximum absolute atomic E-state index is 13.0. The zero-order valence-corrected chi connectivity index (χ0v) is 17.9. The molecule has 0 aliphatic carbocycles. The van der Waals surface area contributed by atoms with E-state index in [0.717, 1.165) is 12.1 Å². The summed E-state index contributed by atoms with van der Waals surface area (Å²) in [6.07, 6.45) is -4.45. The highest BCUT2D eigenvalue weighted by atomic mass is 35.5. The van der Waals surface area contributed by atoms with Gasteiger partial charge in [-0.25, -0.2) is 0 Å². The molecule has 168 valence electrons. The molecule has 1 aliphatic heterocycles. The van der Waals surface area contributed by atoms with Crippen molar-refractivity contribution in [1.82, 2.24) is 19.9 Å². The number of alkyl halides is 3. The number of carbonyl (C=O) groups excluding carboxylic acids is 1. The summed E-state index contributed by atoms with van der Waals surface area (Å²) in [5.41, 5.74) is -0.0656. The fraction of sp³-hybridized carbons (Fsp3) is 0.318. The van der Waals surface area contributed by atoms with Crippen LogP contribution in [0.4, 0.5) is 13.2 Å². The first-order valence-electron chi connectivity index (χ1n) is 10.0. The number of benzene rings is 2. The highest BCUT2D eigenvalue weighted by Gasteiger charge is 2.32. The maximum atomic E-state index is 13.0. The van der Waals surface area contributed by atoms with E-state index in [9.17, 15) is 18.0 Å². The monoisotopic (exact) mass is 464 g/mol. The molecule has 1 unspecified atom stereocenters. The van der Waals surface area contributed by atoms with Gasteiger partial charge in [0, 0.05) is 31.7 Å². The van der Waals surface area contributed by atoms with Crippen molar-refractivity contribution in [3.63, 3.8) is 0 Å². The van der Waals surface area contributed by atoms with Gasteiger partial charge in [-0.1, -0.05) is 41.0 Å². The lowest BCUT2D eigenvalue weighted by Crippen LogP contribution is -2.49. The summed E-state index contributed by atoms with van der Waals surface area (Å²) in [5.74, 6) is 0.293. The van der Waals surface area contributed by atoms with Crippen LogP contribution in [-0.2, 0) is 6.18 Å². The maximum Gasteiger partial charge on any atom is 0.416 e. The predicted octanol–water partition coefficient (Wildman–Crippen LogP) is 4.93. The van der Waals surface area contributed by atoms with E-state index in [0.29, 0.717) is 42.7 Å². The highest BCUT2D eigenvalue weighted by molar-refractivity contribution is 6.33. The largest absolute Gasteiger partial charge is 0.416 e. The normalized spacial score (nSPS) is 16.2. The average Bonchev–Trinajstić information content (AvgIpc) is 3.28.